The number of unbranched alkanes of at least 4 members (excludes halogenated alkanes) is 2. The fourth-order valence-electron chi connectivity index (χ4n) is 2.52. The Balaban J connectivity index is 2.41. The van der Waals surface area contributed by atoms with Gasteiger partial charge >= 0.3 is 7.12 Å². The maximum absolute atomic E-state index is 14.6. The van der Waals surface area contributed by atoms with Gasteiger partial charge in [0.05, 0.1) is 0 Å². The van der Waals surface area contributed by atoms with Gasteiger partial charge in [0.15, 0.2) is 0 Å². The molecule has 0 saturated heterocycles. The molecule has 0 aliphatic carbocycles. The predicted molar refractivity (Wildman–Crippen MR) is 84.9 cm³/mol. The van der Waals surface area contributed by atoms with E-state index in [0.717, 1.165) is 24.8 Å². The molecule has 0 spiro atoms. The van der Waals surface area contributed by atoms with Gasteiger partial charge in [-0.3, -0.25) is 0 Å². The lowest BCUT2D eigenvalue weighted by Gasteiger charge is -2.14. The molecule has 0 atom stereocenters. The molecule has 0 amide bonds. The van der Waals surface area contributed by atoms with Crippen molar-refractivity contribution in [2.75, 3.05) is 0 Å². The third-order valence-corrected chi connectivity index (χ3v) is 3.65. The molecule has 2 nitrogen and oxygen atoms in total. The van der Waals surface area contributed by atoms with Crippen molar-refractivity contribution in [1.82, 2.24) is 0 Å². The first-order valence-electron chi connectivity index (χ1n) is 7.38. The Labute approximate surface area is 125 Å². The summed E-state index contributed by atoms with van der Waals surface area (Å²) < 4.78 is 14.6. The first kappa shape index (κ1) is 15.7. The monoisotopic (exact) mass is 286 g/mol. The van der Waals surface area contributed by atoms with Gasteiger partial charge in [0.1, 0.15) is 5.82 Å². The molecule has 0 aliphatic rings. The van der Waals surface area contributed by atoms with Gasteiger partial charge in [0, 0.05) is 5.46 Å². The van der Waals surface area contributed by atoms with Crippen molar-refractivity contribution in [3.63, 3.8) is 0 Å². The Kier molecular flexibility index (Phi) is 5.54. The minimum Gasteiger partial charge on any atom is -0.423 e. The van der Waals surface area contributed by atoms with Crippen molar-refractivity contribution >= 4 is 12.6 Å². The lowest BCUT2D eigenvalue weighted by molar-refractivity contribution is 0.423. The Morgan fingerprint density at radius 2 is 1.71 bits per heavy atom. The quantitative estimate of drug-likeness (QED) is 0.633. The van der Waals surface area contributed by atoms with Gasteiger partial charge in [-0.05, 0) is 29.5 Å². The smallest absolute Gasteiger partial charge is 0.423 e. The lowest BCUT2D eigenvalue weighted by atomic mass is 9.73. The van der Waals surface area contributed by atoms with E-state index < -0.39 is 12.9 Å². The van der Waals surface area contributed by atoms with Gasteiger partial charge in [-0.1, -0.05) is 62.2 Å². The zero-order chi connectivity index (χ0) is 15.2. The molecule has 0 heterocycles. The second kappa shape index (κ2) is 7.39. The van der Waals surface area contributed by atoms with Crippen LogP contribution in [0, 0.1) is 5.82 Å². The molecule has 4 heteroatoms. The van der Waals surface area contributed by atoms with E-state index in [-0.39, 0.29) is 5.46 Å². The van der Waals surface area contributed by atoms with Crippen LogP contribution >= 0.6 is 0 Å². The second-order valence-electron chi connectivity index (χ2n) is 5.20. The Morgan fingerprint density at radius 1 is 1.00 bits per heavy atom. The molecule has 0 aliphatic heterocycles. The SMILES string of the molecule is CCCCCc1ccc(-c2ccccc2)c(B(O)O)c1F. The number of benzene rings is 2. The van der Waals surface area contributed by atoms with Gasteiger partial charge in [-0.2, -0.15) is 0 Å². The summed E-state index contributed by atoms with van der Waals surface area (Å²) in [4.78, 5) is 0. The van der Waals surface area contributed by atoms with Crippen LogP contribution in [0.4, 0.5) is 4.39 Å². The van der Waals surface area contributed by atoms with E-state index >= 15 is 0 Å². The highest BCUT2D eigenvalue weighted by Crippen LogP contribution is 2.21. The van der Waals surface area contributed by atoms with Crippen LogP contribution in [0.2, 0.25) is 0 Å². The molecular weight excluding hydrogens is 266 g/mol. The maximum Gasteiger partial charge on any atom is 0.492 e. The second-order valence-corrected chi connectivity index (χ2v) is 5.20. The number of aryl methyl sites for hydroxylation is 1. The largest absolute Gasteiger partial charge is 0.492 e. The van der Waals surface area contributed by atoms with Gasteiger partial charge in [0.2, 0.25) is 0 Å². The molecule has 0 fully saturated rings. The molecule has 110 valence electrons. The third kappa shape index (κ3) is 3.71. The molecule has 2 aromatic rings. The van der Waals surface area contributed by atoms with Gasteiger partial charge in [-0.25, -0.2) is 4.39 Å². The highest BCUT2D eigenvalue weighted by Gasteiger charge is 2.23. The molecular formula is C17H20BFO2. The first-order valence-corrected chi connectivity index (χ1v) is 7.38. The Bertz CT molecular complexity index is 585. The topological polar surface area (TPSA) is 40.5 Å². The summed E-state index contributed by atoms with van der Waals surface area (Å²) in [6.07, 6.45) is 3.63. The van der Waals surface area contributed by atoms with Crippen LogP contribution in [0.1, 0.15) is 31.7 Å². The molecule has 0 unspecified atom stereocenters. The summed E-state index contributed by atoms with van der Waals surface area (Å²) in [6.45, 7) is 2.10. The number of hydrogen-bond acceptors (Lipinski definition) is 2. The Hall–Kier alpha value is -1.65. The summed E-state index contributed by atoms with van der Waals surface area (Å²) in [6, 6.07) is 12.7. The van der Waals surface area contributed by atoms with Crippen molar-refractivity contribution in [2.45, 2.75) is 32.6 Å². The fraction of sp³-hybridized carbons (Fsp3) is 0.294. The van der Waals surface area contributed by atoms with E-state index in [4.69, 9.17) is 0 Å². The fourth-order valence-corrected chi connectivity index (χ4v) is 2.52. The first-order chi connectivity index (χ1) is 10.1. The van der Waals surface area contributed by atoms with Crippen LogP contribution in [0.5, 0.6) is 0 Å². The number of rotatable bonds is 6. The minimum absolute atomic E-state index is 0.0322. The van der Waals surface area contributed by atoms with Gasteiger partial charge in [0.25, 0.3) is 0 Å². The standard InChI is InChI=1S/C17H20BFO2/c1-2-3-5-10-14-11-12-15(13-8-6-4-7-9-13)16(17(14)19)18(20)21/h4,6-9,11-12,20-21H,2-3,5,10H2,1H3. The zero-order valence-corrected chi connectivity index (χ0v) is 12.2. The molecule has 2 aromatic carbocycles. The normalized spacial score (nSPS) is 10.7. The lowest BCUT2D eigenvalue weighted by Crippen LogP contribution is -2.35. The zero-order valence-electron chi connectivity index (χ0n) is 12.2. The highest BCUT2D eigenvalue weighted by atomic mass is 19.1. The molecule has 0 radical (unpaired) electrons. The maximum atomic E-state index is 14.6. The van der Waals surface area contributed by atoms with E-state index in [9.17, 15) is 14.4 Å². The van der Waals surface area contributed by atoms with E-state index in [2.05, 4.69) is 6.92 Å². The van der Waals surface area contributed by atoms with Crippen molar-refractivity contribution in [3.05, 3.63) is 53.8 Å². The van der Waals surface area contributed by atoms with Crippen LogP contribution in [0.3, 0.4) is 0 Å². The molecule has 21 heavy (non-hydrogen) atoms. The van der Waals surface area contributed by atoms with Gasteiger partial charge in [-0.15, -0.1) is 0 Å². The third-order valence-electron chi connectivity index (χ3n) is 3.65. The average Bonchev–Trinajstić information content (AvgIpc) is 2.49. The summed E-state index contributed by atoms with van der Waals surface area (Å²) in [5, 5.41) is 19.1. The van der Waals surface area contributed by atoms with Crippen molar-refractivity contribution in [3.8, 4) is 11.1 Å². The Morgan fingerprint density at radius 3 is 2.33 bits per heavy atom. The van der Waals surface area contributed by atoms with E-state index in [1.165, 1.54) is 0 Å². The molecule has 0 aromatic heterocycles. The predicted octanol–water partition coefficient (Wildman–Crippen LogP) is 2.91. The van der Waals surface area contributed by atoms with Gasteiger partial charge < -0.3 is 10.0 Å². The number of halogens is 1. The summed E-state index contributed by atoms with van der Waals surface area (Å²) in [5.41, 5.74) is 1.82. The van der Waals surface area contributed by atoms with Crippen molar-refractivity contribution in [2.24, 2.45) is 0 Å². The van der Waals surface area contributed by atoms with Crippen molar-refractivity contribution < 1.29 is 14.4 Å². The molecule has 2 N–H and O–H groups in total. The van der Waals surface area contributed by atoms with E-state index in [1.54, 1.807) is 12.1 Å². The number of hydrogen-bond donors (Lipinski definition) is 2. The van der Waals surface area contributed by atoms with Crippen LogP contribution in [0.15, 0.2) is 42.5 Å². The van der Waals surface area contributed by atoms with Crippen LogP contribution in [-0.4, -0.2) is 17.2 Å². The average molecular weight is 286 g/mol. The summed E-state index contributed by atoms with van der Waals surface area (Å²) in [5.74, 6) is -0.498. The van der Waals surface area contributed by atoms with E-state index in [0.29, 0.717) is 17.5 Å². The van der Waals surface area contributed by atoms with Crippen LogP contribution in [0.25, 0.3) is 11.1 Å². The van der Waals surface area contributed by atoms with Crippen LogP contribution < -0.4 is 5.46 Å². The van der Waals surface area contributed by atoms with Crippen molar-refractivity contribution in [1.29, 1.82) is 0 Å². The molecule has 0 bridgehead atoms. The molecule has 0 saturated carbocycles. The van der Waals surface area contributed by atoms with Crippen LogP contribution in [-0.2, 0) is 6.42 Å². The van der Waals surface area contributed by atoms with E-state index in [1.807, 2.05) is 30.3 Å². The minimum atomic E-state index is -1.81. The summed E-state index contributed by atoms with van der Waals surface area (Å²) in [7, 11) is -1.81. The summed E-state index contributed by atoms with van der Waals surface area (Å²) >= 11 is 0. The highest BCUT2D eigenvalue weighted by molar-refractivity contribution is 6.60. The molecule has 2 rings (SSSR count).